The highest BCUT2D eigenvalue weighted by Gasteiger charge is 1.98. The van der Waals surface area contributed by atoms with Crippen molar-refractivity contribution in [1.29, 1.82) is 0 Å². The Morgan fingerprint density at radius 3 is 2.93 bits per heavy atom. The number of rotatable bonds is 0. The van der Waals surface area contributed by atoms with E-state index in [4.69, 9.17) is 12.2 Å². The fraction of sp³-hybridized carbons (Fsp3) is 0. The number of aromatic nitrogens is 1. The number of hydrogen-bond donors (Lipinski definition) is 0. The average molecular weight is 229 g/mol. The summed E-state index contributed by atoms with van der Waals surface area (Å²) in [4.78, 5) is 4.33. The molecule has 0 radical (unpaired) electrons. The van der Waals surface area contributed by atoms with Crippen LogP contribution >= 0.6 is 23.6 Å². The van der Waals surface area contributed by atoms with Crippen LogP contribution in [0, 0.1) is 3.82 Å². The summed E-state index contributed by atoms with van der Waals surface area (Å²) in [7, 11) is 0. The molecular formula is C12H7NS2. The Bertz CT molecular complexity index is 700. The molecule has 2 heterocycles. The van der Waals surface area contributed by atoms with Gasteiger partial charge in [0.25, 0.3) is 0 Å². The third kappa shape index (κ3) is 1.54. The van der Waals surface area contributed by atoms with Crippen LogP contribution in [-0.2, 0) is 0 Å². The molecule has 0 atom stereocenters. The first-order valence-electron chi connectivity index (χ1n) is 4.61. The number of pyridine rings is 1. The van der Waals surface area contributed by atoms with E-state index < -0.39 is 0 Å². The van der Waals surface area contributed by atoms with Gasteiger partial charge in [0, 0.05) is 16.3 Å². The van der Waals surface area contributed by atoms with E-state index >= 15 is 0 Å². The summed E-state index contributed by atoms with van der Waals surface area (Å²) < 4.78 is 2.12. The summed E-state index contributed by atoms with van der Waals surface area (Å²) in [5.41, 5.74) is 1.03. The monoisotopic (exact) mass is 229 g/mol. The maximum atomic E-state index is 5.16. The predicted molar refractivity (Wildman–Crippen MR) is 68.0 cm³/mol. The largest absolute Gasteiger partial charge is 0.256 e. The van der Waals surface area contributed by atoms with Gasteiger partial charge in [0.05, 0.1) is 9.34 Å². The van der Waals surface area contributed by atoms with Crippen LogP contribution in [0.4, 0.5) is 0 Å². The SMILES string of the molecule is S=c1ccc2cc3cccnc3cc2s1. The second kappa shape index (κ2) is 3.36. The highest BCUT2D eigenvalue weighted by molar-refractivity contribution is 7.73. The molecular weight excluding hydrogens is 222 g/mol. The molecule has 0 amide bonds. The lowest BCUT2D eigenvalue weighted by Gasteiger charge is -1.99. The molecule has 1 aromatic carbocycles. The van der Waals surface area contributed by atoms with Crippen LogP contribution in [0.25, 0.3) is 21.0 Å². The van der Waals surface area contributed by atoms with Crippen molar-refractivity contribution >= 4 is 44.5 Å². The first-order valence-corrected chi connectivity index (χ1v) is 5.84. The highest BCUT2D eigenvalue weighted by atomic mass is 32.1. The van der Waals surface area contributed by atoms with E-state index in [-0.39, 0.29) is 0 Å². The fourth-order valence-corrected chi connectivity index (χ4v) is 2.74. The Balaban J connectivity index is 2.53. The van der Waals surface area contributed by atoms with E-state index in [1.54, 1.807) is 11.3 Å². The molecule has 72 valence electrons. The standard InChI is InChI=1S/C12H7NS2/c14-12-4-3-9-6-8-2-1-5-13-10(8)7-11(9)15-12/h1-7H. The first-order chi connectivity index (χ1) is 7.33. The highest BCUT2D eigenvalue weighted by Crippen LogP contribution is 2.24. The van der Waals surface area contributed by atoms with Crippen molar-refractivity contribution in [1.82, 2.24) is 4.98 Å². The van der Waals surface area contributed by atoms with Crippen LogP contribution in [0.2, 0.25) is 0 Å². The third-order valence-electron chi connectivity index (χ3n) is 2.34. The van der Waals surface area contributed by atoms with Gasteiger partial charge < -0.3 is 0 Å². The lowest BCUT2D eigenvalue weighted by molar-refractivity contribution is 1.42. The summed E-state index contributed by atoms with van der Waals surface area (Å²) in [6.07, 6.45) is 1.82. The quantitative estimate of drug-likeness (QED) is 0.423. The number of benzene rings is 1. The third-order valence-corrected chi connectivity index (χ3v) is 3.64. The second-order valence-electron chi connectivity index (χ2n) is 3.34. The minimum atomic E-state index is 0.915. The molecule has 0 aliphatic rings. The lowest BCUT2D eigenvalue weighted by Crippen LogP contribution is -1.77. The van der Waals surface area contributed by atoms with E-state index in [1.165, 1.54) is 15.5 Å². The van der Waals surface area contributed by atoms with Gasteiger partial charge in [-0.3, -0.25) is 4.98 Å². The number of nitrogens with zero attached hydrogens (tertiary/aromatic N) is 1. The van der Waals surface area contributed by atoms with Crippen LogP contribution in [0.15, 0.2) is 42.6 Å². The zero-order valence-electron chi connectivity index (χ0n) is 7.81. The molecule has 0 aliphatic heterocycles. The molecule has 0 fully saturated rings. The predicted octanol–water partition coefficient (Wildman–Crippen LogP) is 4.18. The first kappa shape index (κ1) is 8.95. The van der Waals surface area contributed by atoms with Gasteiger partial charge in [0.15, 0.2) is 0 Å². The molecule has 15 heavy (non-hydrogen) atoms. The van der Waals surface area contributed by atoms with Crippen LogP contribution in [0.5, 0.6) is 0 Å². The van der Waals surface area contributed by atoms with Crippen molar-refractivity contribution in [2.24, 2.45) is 0 Å². The summed E-state index contributed by atoms with van der Waals surface area (Å²) in [5, 5.41) is 2.41. The molecule has 3 rings (SSSR count). The van der Waals surface area contributed by atoms with E-state index in [9.17, 15) is 0 Å². The van der Waals surface area contributed by atoms with Crippen LogP contribution in [0.1, 0.15) is 0 Å². The van der Waals surface area contributed by atoms with Gasteiger partial charge in [0.1, 0.15) is 0 Å². The maximum absolute atomic E-state index is 5.16. The van der Waals surface area contributed by atoms with E-state index in [0.717, 1.165) is 9.34 Å². The average Bonchev–Trinajstić information content (AvgIpc) is 2.26. The molecule has 0 N–H and O–H groups in total. The van der Waals surface area contributed by atoms with Gasteiger partial charge in [-0.2, -0.15) is 0 Å². The minimum absolute atomic E-state index is 0.915. The lowest BCUT2D eigenvalue weighted by atomic mass is 10.1. The number of fused-ring (bicyclic) bond motifs is 2. The van der Waals surface area contributed by atoms with Gasteiger partial charge in [-0.1, -0.05) is 24.4 Å². The zero-order valence-corrected chi connectivity index (χ0v) is 9.44. The second-order valence-corrected chi connectivity index (χ2v) is 5.12. The normalized spacial score (nSPS) is 10.9. The minimum Gasteiger partial charge on any atom is -0.256 e. The maximum Gasteiger partial charge on any atom is 0.0905 e. The summed E-state index contributed by atoms with van der Waals surface area (Å²) >= 11 is 6.79. The molecule has 1 nitrogen and oxygen atoms in total. The van der Waals surface area contributed by atoms with Crippen LogP contribution in [0.3, 0.4) is 0 Å². The molecule has 0 saturated heterocycles. The summed E-state index contributed by atoms with van der Waals surface area (Å²) in [6.45, 7) is 0. The van der Waals surface area contributed by atoms with Crippen molar-refractivity contribution < 1.29 is 0 Å². The molecule has 0 unspecified atom stereocenters. The fourth-order valence-electron chi connectivity index (χ4n) is 1.64. The molecule has 3 aromatic rings. The Hall–Kier alpha value is -1.32. The van der Waals surface area contributed by atoms with Gasteiger partial charge in [-0.15, -0.1) is 11.3 Å². The Morgan fingerprint density at radius 2 is 2.00 bits per heavy atom. The van der Waals surface area contributed by atoms with E-state index in [0.29, 0.717) is 0 Å². The van der Waals surface area contributed by atoms with Crippen molar-refractivity contribution in [3.05, 3.63) is 46.4 Å². The Labute approximate surface area is 96.0 Å². The molecule has 2 aromatic heterocycles. The Kier molecular flexibility index (Phi) is 2.01. The van der Waals surface area contributed by atoms with Gasteiger partial charge in [-0.25, -0.2) is 0 Å². The number of hydrogen-bond acceptors (Lipinski definition) is 3. The van der Waals surface area contributed by atoms with Gasteiger partial charge in [0.2, 0.25) is 0 Å². The molecule has 0 spiro atoms. The van der Waals surface area contributed by atoms with Gasteiger partial charge in [-0.05, 0) is 29.7 Å². The molecule has 0 saturated carbocycles. The van der Waals surface area contributed by atoms with Crippen molar-refractivity contribution in [2.75, 3.05) is 0 Å². The topological polar surface area (TPSA) is 12.9 Å². The van der Waals surface area contributed by atoms with Gasteiger partial charge >= 0.3 is 0 Å². The zero-order chi connectivity index (χ0) is 10.3. The van der Waals surface area contributed by atoms with E-state index in [2.05, 4.69) is 29.2 Å². The summed E-state index contributed by atoms with van der Waals surface area (Å²) in [5.74, 6) is 0. The van der Waals surface area contributed by atoms with Crippen LogP contribution < -0.4 is 0 Å². The van der Waals surface area contributed by atoms with Crippen molar-refractivity contribution in [3.63, 3.8) is 0 Å². The Morgan fingerprint density at radius 1 is 1.07 bits per heavy atom. The van der Waals surface area contributed by atoms with Crippen molar-refractivity contribution in [2.45, 2.75) is 0 Å². The van der Waals surface area contributed by atoms with Crippen molar-refractivity contribution in [3.8, 4) is 0 Å². The molecule has 3 heteroatoms. The van der Waals surface area contributed by atoms with Crippen LogP contribution in [-0.4, -0.2) is 4.98 Å². The molecule has 0 aliphatic carbocycles. The molecule has 0 bridgehead atoms. The van der Waals surface area contributed by atoms with E-state index in [1.807, 2.05) is 18.3 Å². The summed E-state index contributed by atoms with van der Waals surface area (Å²) in [6, 6.07) is 12.3. The smallest absolute Gasteiger partial charge is 0.0905 e.